The Morgan fingerprint density at radius 1 is 1.19 bits per heavy atom. The largest absolute Gasteiger partial charge is 0.388 e. The van der Waals surface area contributed by atoms with Crippen molar-refractivity contribution in [3.8, 4) is 0 Å². The van der Waals surface area contributed by atoms with Crippen LogP contribution in [0, 0.1) is 0 Å². The highest BCUT2D eigenvalue weighted by atomic mass is 16.5. The highest BCUT2D eigenvalue weighted by Gasteiger charge is 2.22. The molecular weight excluding hydrogens is 268 g/mol. The maximum absolute atomic E-state index is 11.8. The quantitative estimate of drug-likeness (QED) is 0.688. The minimum absolute atomic E-state index is 0.256. The van der Waals surface area contributed by atoms with Gasteiger partial charge in [0, 0.05) is 20.2 Å². The Bertz CT molecular complexity index is 445. The SMILES string of the molecule is CCC(O)(CC)CNC(=O)NCc1ccccc1COC. The van der Waals surface area contributed by atoms with Crippen molar-refractivity contribution in [1.82, 2.24) is 10.6 Å². The molecule has 0 aromatic heterocycles. The molecule has 0 radical (unpaired) electrons. The zero-order valence-corrected chi connectivity index (χ0v) is 13.1. The molecule has 0 fully saturated rings. The Morgan fingerprint density at radius 2 is 1.81 bits per heavy atom. The summed E-state index contributed by atoms with van der Waals surface area (Å²) in [6, 6.07) is 7.54. The van der Waals surface area contributed by atoms with Gasteiger partial charge >= 0.3 is 6.03 Å². The van der Waals surface area contributed by atoms with Crippen LogP contribution in [0.15, 0.2) is 24.3 Å². The number of nitrogens with one attached hydrogen (secondary N) is 2. The lowest BCUT2D eigenvalue weighted by molar-refractivity contribution is 0.0349. The van der Waals surface area contributed by atoms with Crippen molar-refractivity contribution >= 4 is 6.03 Å². The molecule has 21 heavy (non-hydrogen) atoms. The number of methoxy groups -OCH3 is 1. The molecule has 1 aromatic rings. The Balaban J connectivity index is 2.46. The summed E-state index contributed by atoms with van der Waals surface area (Å²) in [5.74, 6) is 0. The van der Waals surface area contributed by atoms with E-state index in [0.717, 1.165) is 11.1 Å². The second kappa shape index (κ2) is 8.64. The van der Waals surface area contributed by atoms with Crippen molar-refractivity contribution in [2.75, 3.05) is 13.7 Å². The standard InChI is InChI=1S/C16H26N2O3/c1-4-16(20,5-2)12-18-15(19)17-10-13-8-6-7-9-14(13)11-21-3/h6-9,20H,4-5,10-12H2,1-3H3,(H2,17,18,19). The molecule has 0 aliphatic rings. The number of carbonyl (C=O) groups is 1. The molecule has 5 nitrogen and oxygen atoms in total. The number of urea groups is 1. The number of aliphatic hydroxyl groups is 1. The molecule has 0 aliphatic carbocycles. The molecule has 2 amide bonds. The van der Waals surface area contributed by atoms with Gasteiger partial charge in [-0.15, -0.1) is 0 Å². The molecular formula is C16H26N2O3. The fourth-order valence-corrected chi connectivity index (χ4v) is 2.01. The molecule has 0 saturated carbocycles. The average molecular weight is 294 g/mol. The van der Waals surface area contributed by atoms with E-state index in [0.29, 0.717) is 26.0 Å². The third kappa shape index (κ3) is 5.73. The Morgan fingerprint density at radius 3 is 2.38 bits per heavy atom. The number of amides is 2. The molecule has 0 unspecified atom stereocenters. The maximum Gasteiger partial charge on any atom is 0.315 e. The number of carbonyl (C=O) groups excluding carboxylic acids is 1. The van der Waals surface area contributed by atoms with Gasteiger partial charge in [0.2, 0.25) is 0 Å². The molecule has 0 saturated heterocycles. The van der Waals surface area contributed by atoms with E-state index < -0.39 is 5.60 Å². The Labute approximate surface area is 126 Å². The van der Waals surface area contributed by atoms with Crippen LogP contribution in [0.1, 0.15) is 37.8 Å². The summed E-state index contributed by atoms with van der Waals surface area (Å²) in [7, 11) is 1.65. The third-order valence-electron chi connectivity index (χ3n) is 3.75. The maximum atomic E-state index is 11.8. The van der Waals surface area contributed by atoms with Crippen molar-refractivity contribution < 1.29 is 14.6 Å². The minimum atomic E-state index is -0.828. The summed E-state index contributed by atoms with van der Waals surface area (Å²) in [6.07, 6.45) is 1.22. The van der Waals surface area contributed by atoms with Crippen LogP contribution in [0.4, 0.5) is 4.79 Å². The van der Waals surface area contributed by atoms with Gasteiger partial charge < -0.3 is 20.5 Å². The highest BCUT2D eigenvalue weighted by Crippen LogP contribution is 2.13. The predicted molar refractivity (Wildman–Crippen MR) is 82.9 cm³/mol. The van der Waals surface area contributed by atoms with E-state index in [4.69, 9.17) is 4.74 Å². The Kier molecular flexibility index (Phi) is 7.19. The minimum Gasteiger partial charge on any atom is -0.388 e. The fraction of sp³-hybridized carbons (Fsp3) is 0.562. The van der Waals surface area contributed by atoms with Crippen LogP contribution in [0.25, 0.3) is 0 Å². The lowest BCUT2D eigenvalue weighted by atomic mass is 9.98. The lowest BCUT2D eigenvalue weighted by Gasteiger charge is -2.25. The zero-order chi connectivity index (χ0) is 15.7. The first-order valence-corrected chi connectivity index (χ1v) is 7.34. The molecule has 118 valence electrons. The molecule has 0 spiro atoms. The molecule has 0 bridgehead atoms. The topological polar surface area (TPSA) is 70.6 Å². The molecule has 3 N–H and O–H groups in total. The Hall–Kier alpha value is -1.59. The fourth-order valence-electron chi connectivity index (χ4n) is 2.01. The van der Waals surface area contributed by atoms with Gasteiger partial charge in [0.25, 0.3) is 0 Å². The predicted octanol–water partition coefficient (Wildman–Crippen LogP) is 2.18. The van der Waals surface area contributed by atoms with Gasteiger partial charge in [-0.3, -0.25) is 0 Å². The normalized spacial score (nSPS) is 11.2. The lowest BCUT2D eigenvalue weighted by Crippen LogP contribution is -2.45. The van der Waals surface area contributed by atoms with E-state index in [9.17, 15) is 9.90 Å². The van der Waals surface area contributed by atoms with Crippen molar-refractivity contribution in [1.29, 1.82) is 0 Å². The first-order valence-electron chi connectivity index (χ1n) is 7.34. The second-order valence-electron chi connectivity index (χ2n) is 5.17. The van der Waals surface area contributed by atoms with Crippen LogP contribution in [-0.2, 0) is 17.9 Å². The number of hydrogen-bond donors (Lipinski definition) is 3. The van der Waals surface area contributed by atoms with E-state index in [2.05, 4.69) is 10.6 Å². The van der Waals surface area contributed by atoms with E-state index >= 15 is 0 Å². The summed E-state index contributed by atoms with van der Waals surface area (Å²) >= 11 is 0. The highest BCUT2D eigenvalue weighted by molar-refractivity contribution is 5.73. The van der Waals surface area contributed by atoms with Gasteiger partial charge in [-0.25, -0.2) is 4.79 Å². The molecule has 1 rings (SSSR count). The number of ether oxygens (including phenoxy) is 1. The molecule has 0 aliphatic heterocycles. The van der Waals surface area contributed by atoms with Gasteiger partial charge in [-0.1, -0.05) is 38.1 Å². The van der Waals surface area contributed by atoms with Crippen molar-refractivity contribution in [3.05, 3.63) is 35.4 Å². The molecule has 5 heteroatoms. The van der Waals surface area contributed by atoms with Crippen LogP contribution in [0.3, 0.4) is 0 Å². The van der Waals surface area contributed by atoms with Gasteiger partial charge in [-0.2, -0.15) is 0 Å². The number of benzene rings is 1. The van der Waals surface area contributed by atoms with Crippen molar-refractivity contribution in [3.63, 3.8) is 0 Å². The van der Waals surface area contributed by atoms with E-state index in [-0.39, 0.29) is 12.6 Å². The molecule has 0 atom stereocenters. The number of hydrogen-bond acceptors (Lipinski definition) is 3. The van der Waals surface area contributed by atoms with E-state index in [1.807, 2.05) is 38.1 Å². The summed E-state index contributed by atoms with van der Waals surface area (Å²) in [6.45, 7) is 5.02. The van der Waals surface area contributed by atoms with Gasteiger partial charge in [0.15, 0.2) is 0 Å². The first-order chi connectivity index (χ1) is 10.0. The third-order valence-corrected chi connectivity index (χ3v) is 3.75. The van der Waals surface area contributed by atoms with Gasteiger partial charge in [0.05, 0.1) is 12.2 Å². The second-order valence-corrected chi connectivity index (χ2v) is 5.17. The monoisotopic (exact) mass is 294 g/mol. The zero-order valence-electron chi connectivity index (χ0n) is 13.1. The van der Waals surface area contributed by atoms with Crippen LogP contribution in [0.5, 0.6) is 0 Å². The number of rotatable bonds is 8. The van der Waals surface area contributed by atoms with E-state index in [1.165, 1.54) is 0 Å². The average Bonchev–Trinajstić information content (AvgIpc) is 2.52. The van der Waals surface area contributed by atoms with Crippen molar-refractivity contribution in [2.24, 2.45) is 0 Å². The van der Waals surface area contributed by atoms with Crippen molar-refractivity contribution in [2.45, 2.75) is 45.4 Å². The molecule has 0 heterocycles. The summed E-state index contributed by atoms with van der Waals surface area (Å²) < 4.78 is 5.14. The first kappa shape index (κ1) is 17.5. The van der Waals surface area contributed by atoms with Crippen LogP contribution >= 0.6 is 0 Å². The smallest absolute Gasteiger partial charge is 0.315 e. The van der Waals surface area contributed by atoms with Gasteiger partial charge in [0.1, 0.15) is 0 Å². The molecule has 1 aromatic carbocycles. The van der Waals surface area contributed by atoms with Crippen LogP contribution < -0.4 is 10.6 Å². The van der Waals surface area contributed by atoms with Crippen LogP contribution in [-0.4, -0.2) is 30.4 Å². The summed E-state index contributed by atoms with van der Waals surface area (Å²) in [4.78, 5) is 11.8. The summed E-state index contributed by atoms with van der Waals surface area (Å²) in [5.41, 5.74) is 1.25. The van der Waals surface area contributed by atoms with Gasteiger partial charge in [-0.05, 0) is 24.0 Å². The van der Waals surface area contributed by atoms with E-state index in [1.54, 1.807) is 7.11 Å². The summed E-state index contributed by atoms with van der Waals surface area (Å²) in [5, 5.41) is 15.6. The van der Waals surface area contributed by atoms with Crippen LogP contribution in [0.2, 0.25) is 0 Å².